The van der Waals surface area contributed by atoms with E-state index in [1.807, 2.05) is 18.2 Å². The number of aryl methyl sites for hydroxylation is 1. The third kappa shape index (κ3) is 2.93. The molecule has 0 saturated carbocycles. The first-order valence-electron chi connectivity index (χ1n) is 7.02. The molecule has 0 nitrogen and oxygen atoms in total. The van der Waals surface area contributed by atoms with E-state index in [-0.39, 0.29) is 11.2 Å². The standard InChI is InChI=1S/C19H16ClF/c1-13-11-16(9-10-19(13)21)18(20)12-15-7-4-6-14-5-2-3-8-17(14)15/h2-11,18H,12H2,1H3. The van der Waals surface area contributed by atoms with Gasteiger partial charge in [0, 0.05) is 0 Å². The van der Waals surface area contributed by atoms with E-state index in [2.05, 4.69) is 30.3 Å². The van der Waals surface area contributed by atoms with Gasteiger partial charge >= 0.3 is 0 Å². The minimum absolute atomic E-state index is 0.157. The molecule has 3 rings (SSSR count). The van der Waals surface area contributed by atoms with Crippen molar-refractivity contribution in [3.05, 3.63) is 83.2 Å². The smallest absolute Gasteiger partial charge is 0.126 e. The maximum atomic E-state index is 13.4. The highest BCUT2D eigenvalue weighted by molar-refractivity contribution is 6.21. The second-order valence-corrected chi connectivity index (χ2v) is 5.85. The van der Waals surface area contributed by atoms with Gasteiger partial charge in [-0.3, -0.25) is 0 Å². The molecule has 0 aliphatic carbocycles. The number of rotatable bonds is 3. The van der Waals surface area contributed by atoms with Gasteiger partial charge in [0.15, 0.2) is 0 Å². The van der Waals surface area contributed by atoms with Crippen LogP contribution in [0.15, 0.2) is 60.7 Å². The Morgan fingerprint density at radius 3 is 2.57 bits per heavy atom. The Balaban J connectivity index is 1.92. The Kier molecular flexibility index (Phi) is 3.94. The van der Waals surface area contributed by atoms with Gasteiger partial charge in [-0.2, -0.15) is 0 Å². The summed E-state index contributed by atoms with van der Waals surface area (Å²) in [5, 5.41) is 2.29. The third-order valence-electron chi connectivity index (χ3n) is 3.82. The largest absolute Gasteiger partial charge is 0.207 e. The maximum Gasteiger partial charge on any atom is 0.126 e. The van der Waals surface area contributed by atoms with Crippen molar-refractivity contribution in [2.24, 2.45) is 0 Å². The van der Waals surface area contributed by atoms with Crippen LogP contribution in [0.25, 0.3) is 10.8 Å². The van der Waals surface area contributed by atoms with Gasteiger partial charge in [0.25, 0.3) is 0 Å². The number of benzene rings is 3. The molecule has 21 heavy (non-hydrogen) atoms. The van der Waals surface area contributed by atoms with Gasteiger partial charge < -0.3 is 0 Å². The second kappa shape index (κ2) is 5.87. The topological polar surface area (TPSA) is 0 Å². The van der Waals surface area contributed by atoms with Gasteiger partial charge in [0.1, 0.15) is 5.82 Å². The van der Waals surface area contributed by atoms with Gasteiger partial charge in [-0.25, -0.2) is 4.39 Å². The zero-order valence-electron chi connectivity index (χ0n) is 11.8. The maximum absolute atomic E-state index is 13.4. The molecule has 0 aliphatic rings. The molecule has 0 fully saturated rings. The van der Waals surface area contributed by atoms with E-state index in [1.165, 1.54) is 22.4 Å². The summed E-state index contributed by atoms with van der Waals surface area (Å²) in [6.45, 7) is 1.76. The van der Waals surface area contributed by atoms with E-state index in [1.54, 1.807) is 13.0 Å². The van der Waals surface area contributed by atoms with E-state index in [0.29, 0.717) is 5.56 Å². The number of halogens is 2. The molecule has 0 saturated heterocycles. The van der Waals surface area contributed by atoms with Crippen molar-refractivity contribution in [2.45, 2.75) is 18.7 Å². The first-order chi connectivity index (χ1) is 10.1. The van der Waals surface area contributed by atoms with Crippen LogP contribution >= 0.6 is 11.6 Å². The fourth-order valence-electron chi connectivity index (χ4n) is 2.64. The molecule has 1 atom stereocenters. The van der Waals surface area contributed by atoms with Crippen LogP contribution in [-0.2, 0) is 6.42 Å². The first-order valence-corrected chi connectivity index (χ1v) is 7.45. The molecule has 106 valence electrons. The van der Waals surface area contributed by atoms with Crippen LogP contribution in [0.3, 0.4) is 0 Å². The summed E-state index contributed by atoms with van der Waals surface area (Å²) in [5.41, 5.74) is 2.81. The monoisotopic (exact) mass is 298 g/mol. The third-order valence-corrected chi connectivity index (χ3v) is 4.23. The molecule has 0 aromatic heterocycles. The molecule has 0 heterocycles. The SMILES string of the molecule is Cc1cc(C(Cl)Cc2cccc3ccccc23)ccc1F. The second-order valence-electron chi connectivity index (χ2n) is 5.32. The zero-order valence-corrected chi connectivity index (χ0v) is 12.6. The van der Waals surface area contributed by atoms with Gasteiger partial charge in [-0.05, 0) is 46.9 Å². The predicted molar refractivity (Wildman–Crippen MR) is 87.4 cm³/mol. The number of alkyl halides is 1. The van der Waals surface area contributed by atoms with Crippen LogP contribution in [0, 0.1) is 12.7 Å². The van der Waals surface area contributed by atoms with E-state index >= 15 is 0 Å². The van der Waals surface area contributed by atoms with Crippen molar-refractivity contribution < 1.29 is 4.39 Å². The van der Waals surface area contributed by atoms with Crippen LogP contribution in [0.4, 0.5) is 4.39 Å². The summed E-state index contributed by atoms with van der Waals surface area (Å²) in [7, 11) is 0. The number of fused-ring (bicyclic) bond motifs is 1. The Hall–Kier alpha value is -1.86. The Morgan fingerprint density at radius 2 is 1.76 bits per heavy atom. The number of hydrogen-bond acceptors (Lipinski definition) is 0. The molecular weight excluding hydrogens is 283 g/mol. The van der Waals surface area contributed by atoms with Gasteiger partial charge in [-0.15, -0.1) is 11.6 Å². The molecule has 0 bridgehead atoms. The minimum Gasteiger partial charge on any atom is -0.207 e. The van der Waals surface area contributed by atoms with Crippen LogP contribution in [0.2, 0.25) is 0 Å². The summed E-state index contributed by atoms with van der Waals surface area (Å²) in [6, 6.07) is 19.6. The van der Waals surface area contributed by atoms with Crippen molar-refractivity contribution in [2.75, 3.05) is 0 Å². The molecule has 0 N–H and O–H groups in total. The fraction of sp³-hybridized carbons (Fsp3) is 0.158. The summed E-state index contributed by atoms with van der Waals surface area (Å²) in [6.07, 6.45) is 0.730. The van der Waals surface area contributed by atoms with E-state index < -0.39 is 0 Å². The van der Waals surface area contributed by atoms with Crippen LogP contribution < -0.4 is 0 Å². The average Bonchev–Trinajstić information content (AvgIpc) is 2.50. The van der Waals surface area contributed by atoms with Crippen LogP contribution in [0.5, 0.6) is 0 Å². The molecular formula is C19H16ClF. The van der Waals surface area contributed by atoms with Crippen molar-refractivity contribution in [3.63, 3.8) is 0 Å². The molecule has 3 aromatic rings. The molecule has 3 aromatic carbocycles. The van der Waals surface area contributed by atoms with Gasteiger partial charge in [-0.1, -0.05) is 54.6 Å². The lowest BCUT2D eigenvalue weighted by Gasteiger charge is -2.13. The molecule has 2 heteroatoms. The molecule has 0 spiro atoms. The van der Waals surface area contributed by atoms with Crippen LogP contribution in [-0.4, -0.2) is 0 Å². The molecule has 1 unspecified atom stereocenters. The highest BCUT2D eigenvalue weighted by Gasteiger charge is 2.12. The Labute approximate surface area is 129 Å². The van der Waals surface area contributed by atoms with E-state index in [9.17, 15) is 4.39 Å². The lowest BCUT2D eigenvalue weighted by molar-refractivity contribution is 0.617. The Bertz CT molecular complexity index is 774. The van der Waals surface area contributed by atoms with Crippen molar-refractivity contribution in [1.82, 2.24) is 0 Å². The average molecular weight is 299 g/mol. The highest BCUT2D eigenvalue weighted by atomic mass is 35.5. The summed E-state index contributed by atoms with van der Waals surface area (Å²) in [4.78, 5) is 0. The summed E-state index contributed by atoms with van der Waals surface area (Å²) < 4.78 is 13.4. The first kappa shape index (κ1) is 14.1. The van der Waals surface area contributed by atoms with Gasteiger partial charge in [0.05, 0.1) is 5.38 Å². The minimum atomic E-state index is -0.187. The predicted octanol–water partition coefficient (Wildman–Crippen LogP) is 5.81. The molecule has 0 amide bonds. The lowest BCUT2D eigenvalue weighted by atomic mass is 9.97. The van der Waals surface area contributed by atoms with Crippen molar-refractivity contribution in [3.8, 4) is 0 Å². The number of hydrogen-bond donors (Lipinski definition) is 0. The highest BCUT2D eigenvalue weighted by Crippen LogP contribution is 2.29. The lowest BCUT2D eigenvalue weighted by Crippen LogP contribution is -1.98. The zero-order chi connectivity index (χ0) is 14.8. The summed E-state index contributed by atoms with van der Waals surface area (Å²) in [5.74, 6) is -0.187. The summed E-state index contributed by atoms with van der Waals surface area (Å²) >= 11 is 6.54. The van der Waals surface area contributed by atoms with E-state index in [0.717, 1.165) is 12.0 Å². The quantitative estimate of drug-likeness (QED) is 0.535. The van der Waals surface area contributed by atoms with Crippen molar-refractivity contribution in [1.29, 1.82) is 0 Å². The molecule has 0 radical (unpaired) electrons. The van der Waals surface area contributed by atoms with Crippen molar-refractivity contribution >= 4 is 22.4 Å². The fourth-order valence-corrected chi connectivity index (χ4v) is 2.95. The Morgan fingerprint density at radius 1 is 1.00 bits per heavy atom. The normalized spacial score (nSPS) is 12.5. The van der Waals surface area contributed by atoms with E-state index in [4.69, 9.17) is 11.6 Å². The molecule has 0 aliphatic heterocycles. The van der Waals surface area contributed by atoms with Crippen LogP contribution in [0.1, 0.15) is 22.1 Å². The van der Waals surface area contributed by atoms with Gasteiger partial charge in [0.2, 0.25) is 0 Å².